The van der Waals surface area contributed by atoms with Gasteiger partial charge in [0.25, 0.3) is 0 Å². The third-order valence-electron chi connectivity index (χ3n) is 2.66. The summed E-state index contributed by atoms with van der Waals surface area (Å²) in [5, 5.41) is 22.2. The normalized spacial score (nSPS) is 10.4. The van der Waals surface area contributed by atoms with Gasteiger partial charge in [-0.15, -0.1) is 0 Å². The smallest absolute Gasteiger partial charge is 0.488 e. The van der Waals surface area contributed by atoms with Gasteiger partial charge in [0, 0.05) is 11.9 Å². The van der Waals surface area contributed by atoms with Gasteiger partial charge in [0.1, 0.15) is 12.4 Å². The zero-order chi connectivity index (χ0) is 13.0. The minimum Gasteiger partial charge on any atom is -0.492 e. The van der Waals surface area contributed by atoms with Gasteiger partial charge in [-0.2, -0.15) is 5.10 Å². The molecule has 1 aromatic carbocycles. The monoisotopic (exact) mass is 246 g/mol. The predicted molar refractivity (Wildman–Crippen MR) is 68.7 cm³/mol. The highest BCUT2D eigenvalue weighted by Gasteiger charge is 2.10. The average Bonchev–Trinajstić information content (AvgIpc) is 2.76. The lowest BCUT2D eigenvalue weighted by Crippen LogP contribution is -2.29. The molecular weight excluding hydrogens is 231 g/mol. The molecule has 0 amide bonds. The van der Waals surface area contributed by atoms with E-state index in [0.29, 0.717) is 24.4 Å². The molecule has 0 fully saturated rings. The lowest BCUT2D eigenvalue weighted by atomic mass is 9.80. The number of aromatic nitrogens is 2. The van der Waals surface area contributed by atoms with Crippen molar-refractivity contribution >= 4 is 12.6 Å². The Bertz CT molecular complexity index is 514. The number of rotatable bonds is 5. The molecule has 2 aromatic rings. The van der Waals surface area contributed by atoms with Gasteiger partial charge in [-0.1, -0.05) is 12.1 Å². The fraction of sp³-hybridized carbons (Fsp3) is 0.250. The molecule has 1 aromatic heterocycles. The molecule has 0 aliphatic rings. The van der Waals surface area contributed by atoms with E-state index in [0.717, 1.165) is 5.69 Å². The summed E-state index contributed by atoms with van der Waals surface area (Å²) in [6.07, 6.45) is 1.75. The molecule has 5 nitrogen and oxygen atoms in total. The van der Waals surface area contributed by atoms with Crippen molar-refractivity contribution in [1.82, 2.24) is 9.78 Å². The molecule has 2 N–H and O–H groups in total. The van der Waals surface area contributed by atoms with Crippen molar-refractivity contribution < 1.29 is 14.8 Å². The van der Waals surface area contributed by atoms with E-state index in [1.807, 2.05) is 17.7 Å². The highest BCUT2D eigenvalue weighted by molar-refractivity contribution is 6.58. The number of ether oxygens (including phenoxy) is 1. The van der Waals surface area contributed by atoms with Gasteiger partial charge in [0.05, 0.1) is 6.54 Å². The van der Waals surface area contributed by atoms with Crippen LogP contribution >= 0.6 is 0 Å². The first-order chi connectivity index (χ1) is 8.66. The molecule has 0 radical (unpaired) electrons. The van der Waals surface area contributed by atoms with Gasteiger partial charge < -0.3 is 14.8 Å². The van der Waals surface area contributed by atoms with E-state index in [1.54, 1.807) is 30.5 Å². The Labute approximate surface area is 106 Å². The maximum atomic E-state index is 9.05. The van der Waals surface area contributed by atoms with E-state index >= 15 is 0 Å². The predicted octanol–water partition coefficient (Wildman–Crippen LogP) is -0.0497. The van der Waals surface area contributed by atoms with E-state index < -0.39 is 7.12 Å². The van der Waals surface area contributed by atoms with Gasteiger partial charge in [-0.3, -0.25) is 4.68 Å². The van der Waals surface area contributed by atoms with Gasteiger partial charge in [-0.05, 0) is 30.6 Å². The quantitative estimate of drug-likeness (QED) is 0.726. The first kappa shape index (κ1) is 12.7. The van der Waals surface area contributed by atoms with Gasteiger partial charge >= 0.3 is 7.12 Å². The Balaban J connectivity index is 1.90. The summed E-state index contributed by atoms with van der Waals surface area (Å²) in [7, 11) is -1.47. The molecule has 0 saturated carbocycles. The van der Waals surface area contributed by atoms with Crippen molar-refractivity contribution in [2.75, 3.05) is 6.61 Å². The van der Waals surface area contributed by atoms with Crippen LogP contribution in [0.25, 0.3) is 0 Å². The first-order valence-electron chi connectivity index (χ1n) is 5.74. The van der Waals surface area contributed by atoms with E-state index in [-0.39, 0.29) is 0 Å². The largest absolute Gasteiger partial charge is 0.492 e. The van der Waals surface area contributed by atoms with Crippen molar-refractivity contribution in [3.05, 3.63) is 42.2 Å². The molecule has 0 unspecified atom stereocenters. The molecule has 94 valence electrons. The van der Waals surface area contributed by atoms with Crippen LogP contribution in [0.15, 0.2) is 36.5 Å². The van der Waals surface area contributed by atoms with Crippen LogP contribution in [0, 0.1) is 6.92 Å². The Morgan fingerprint density at radius 2 is 2.17 bits per heavy atom. The second-order valence-corrected chi connectivity index (χ2v) is 3.99. The minimum atomic E-state index is -1.47. The summed E-state index contributed by atoms with van der Waals surface area (Å²) in [5.41, 5.74) is 1.50. The van der Waals surface area contributed by atoms with Crippen LogP contribution in [0.1, 0.15) is 5.69 Å². The molecule has 0 aliphatic carbocycles. The van der Waals surface area contributed by atoms with Crippen LogP contribution in [0.5, 0.6) is 5.75 Å². The van der Waals surface area contributed by atoms with Crippen LogP contribution in [-0.2, 0) is 6.54 Å². The number of hydrogen-bond donors (Lipinski definition) is 2. The van der Waals surface area contributed by atoms with Crippen molar-refractivity contribution in [3.8, 4) is 5.75 Å². The van der Waals surface area contributed by atoms with E-state index in [9.17, 15) is 0 Å². The van der Waals surface area contributed by atoms with Crippen LogP contribution < -0.4 is 10.2 Å². The van der Waals surface area contributed by atoms with Crippen molar-refractivity contribution in [2.45, 2.75) is 13.5 Å². The number of aryl methyl sites for hydroxylation is 1. The van der Waals surface area contributed by atoms with Crippen molar-refractivity contribution in [3.63, 3.8) is 0 Å². The minimum absolute atomic E-state index is 0.419. The third-order valence-corrected chi connectivity index (χ3v) is 2.66. The fourth-order valence-electron chi connectivity index (χ4n) is 1.65. The zero-order valence-corrected chi connectivity index (χ0v) is 10.2. The van der Waals surface area contributed by atoms with Gasteiger partial charge in [0.2, 0.25) is 0 Å². The third kappa shape index (κ3) is 3.12. The number of nitrogens with zero attached hydrogens (tertiary/aromatic N) is 2. The maximum absolute atomic E-state index is 9.05. The van der Waals surface area contributed by atoms with Crippen LogP contribution in [0.2, 0.25) is 0 Å². The lowest BCUT2D eigenvalue weighted by molar-refractivity contribution is 0.290. The molecule has 0 spiro atoms. The molecule has 0 bridgehead atoms. The summed E-state index contributed by atoms with van der Waals surface area (Å²) in [5.74, 6) is 0.616. The topological polar surface area (TPSA) is 67.5 Å². The Kier molecular flexibility index (Phi) is 4.01. The lowest BCUT2D eigenvalue weighted by Gasteiger charge is -2.08. The molecule has 18 heavy (non-hydrogen) atoms. The molecule has 2 rings (SSSR count). The maximum Gasteiger partial charge on any atom is 0.488 e. The first-order valence-corrected chi connectivity index (χ1v) is 5.74. The van der Waals surface area contributed by atoms with Crippen molar-refractivity contribution in [2.24, 2.45) is 0 Å². The molecule has 0 saturated heterocycles. The Morgan fingerprint density at radius 3 is 2.83 bits per heavy atom. The summed E-state index contributed by atoms with van der Waals surface area (Å²) in [4.78, 5) is 0. The number of benzene rings is 1. The van der Waals surface area contributed by atoms with Crippen molar-refractivity contribution in [1.29, 1.82) is 0 Å². The van der Waals surface area contributed by atoms with Crippen LogP contribution in [-0.4, -0.2) is 33.6 Å². The number of hydrogen-bond acceptors (Lipinski definition) is 4. The average molecular weight is 246 g/mol. The molecule has 0 atom stereocenters. The highest BCUT2D eigenvalue weighted by atomic mass is 16.5. The SMILES string of the molecule is Cc1ccnn1CCOc1cccc(B(O)O)c1. The van der Waals surface area contributed by atoms with Crippen LogP contribution in [0.4, 0.5) is 0 Å². The van der Waals surface area contributed by atoms with Gasteiger partial charge in [-0.25, -0.2) is 0 Å². The van der Waals surface area contributed by atoms with Crippen LogP contribution in [0.3, 0.4) is 0 Å². The van der Waals surface area contributed by atoms with E-state index in [2.05, 4.69) is 5.10 Å². The molecule has 6 heteroatoms. The second-order valence-electron chi connectivity index (χ2n) is 3.99. The zero-order valence-electron chi connectivity index (χ0n) is 10.2. The second kappa shape index (κ2) is 5.70. The van der Waals surface area contributed by atoms with Gasteiger partial charge in [0.15, 0.2) is 0 Å². The summed E-state index contributed by atoms with van der Waals surface area (Å²) >= 11 is 0. The molecule has 0 aliphatic heterocycles. The van der Waals surface area contributed by atoms with E-state index in [4.69, 9.17) is 14.8 Å². The fourth-order valence-corrected chi connectivity index (χ4v) is 1.65. The van der Waals surface area contributed by atoms with E-state index in [1.165, 1.54) is 0 Å². The standard InChI is InChI=1S/C12H15BN2O3/c1-10-5-6-14-15(10)7-8-18-12-4-2-3-11(9-12)13(16)17/h2-6,9,16-17H,7-8H2,1H3. The summed E-state index contributed by atoms with van der Waals surface area (Å²) < 4.78 is 7.39. The summed E-state index contributed by atoms with van der Waals surface area (Å²) in [6.45, 7) is 3.12. The molecular formula is C12H15BN2O3. The Hall–Kier alpha value is -1.79. The Morgan fingerprint density at radius 1 is 1.33 bits per heavy atom. The molecule has 1 heterocycles. The highest BCUT2D eigenvalue weighted by Crippen LogP contribution is 2.07. The summed E-state index contributed by atoms with van der Waals surface area (Å²) in [6, 6.07) is 8.68.